The number of urea groups is 1. The predicted molar refractivity (Wildman–Crippen MR) is 51.5 cm³/mol. The van der Waals surface area contributed by atoms with Crippen LogP contribution in [0.4, 0.5) is 4.79 Å². The average molecular weight is 220 g/mol. The number of carboxylic acid groups (broad SMARTS) is 1. The summed E-state index contributed by atoms with van der Waals surface area (Å²) in [7, 11) is 1.52. The van der Waals surface area contributed by atoms with Crippen LogP contribution >= 0.6 is 0 Å². The fourth-order valence-electron chi connectivity index (χ4n) is 0.775. The Hall–Kier alpha value is -1.34. The van der Waals surface area contributed by atoms with E-state index in [-0.39, 0.29) is 13.0 Å². The summed E-state index contributed by atoms with van der Waals surface area (Å²) in [6.45, 7) is 0.890. The zero-order valence-electron chi connectivity index (χ0n) is 8.52. The topological polar surface area (TPSA) is 108 Å². The molecule has 1 atom stereocenters. The highest BCUT2D eigenvalue weighted by Gasteiger charge is 2.12. The number of carbonyl (C=O) groups is 2. The highest BCUT2D eigenvalue weighted by atomic mass is 16.5. The summed E-state index contributed by atoms with van der Waals surface area (Å²) >= 11 is 0. The van der Waals surface area contributed by atoms with Gasteiger partial charge in [-0.3, -0.25) is 0 Å². The van der Waals surface area contributed by atoms with Crippen LogP contribution in [0, 0.1) is 0 Å². The molecule has 0 radical (unpaired) electrons. The number of amides is 2. The average Bonchev–Trinajstić information content (AvgIpc) is 2.18. The summed E-state index contributed by atoms with van der Waals surface area (Å²) in [5, 5.41) is 22.1. The van der Waals surface area contributed by atoms with Crippen molar-refractivity contribution in [2.45, 2.75) is 12.5 Å². The van der Waals surface area contributed by atoms with Crippen molar-refractivity contribution >= 4 is 12.0 Å². The van der Waals surface area contributed by atoms with Crippen molar-refractivity contribution in [2.24, 2.45) is 0 Å². The minimum absolute atomic E-state index is 0.0208. The number of carbonyl (C=O) groups excluding carboxylic acids is 1. The molecule has 0 aromatic heterocycles. The molecule has 7 heteroatoms. The van der Waals surface area contributed by atoms with Gasteiger partial charge in [-0.05, 0) is 0 Å². The van der Waals surface area contributed by atoms with E-state index in [4.69, 9.17) is 14.9 Å². The number of aliphatic hydroxyl groups is 1. The minimum atomic E-state index is -1.44. The largest absolute Gasteiger partial charge is 0.479 e. The summed E-state index contributed by atoms with van der Waals surface area (Å²) in [6, 6.07) is -0.412. The Morgan fingerprint density at radius 3 is 2.47 bits per heavy atom. The van der Waals surface area contributed by atoms with Crippen molar-refractivity contribution in [1.29, 1.82) is 0 Å². The smallest absolute Gasteiger partial charge is 0.332 e. The molecule has 0 aromatic carbocycles. The van der Waals surface area contributed by atoms with Crippen LogP contribution in [0.2, 0.25) is 0 Å². The molecule has 0 fully saturated rings. The van der Waals surface area contributed by atoms with Gasteiger partial charge in [-0.1, -0.05) is 0 Å². The number of aliphatic hydroxyl groups excluding tert-OH is 1. The Balaban J connectivity index is 3.42. The quantitative estimate of drug-likeness (QED) is 0.402. The number of ether oxygens (including phenoxy) is 1. The highest BCUT2D eigenvalue weighted by Crippen LogP contribution is 1.88. The summed E-state index contributed by atoms with van der Waals surface area (Å²) < 4.78 is 4.71. The first-order valence-corrected chi connectivity index (χ1v) is 4.49. The van der Waals surface area contributed by atoms with E-state index in [1.807, 2.05) is 0 Å². The summed E-state index contributed by atoms with van der Waals surface area (Å²) in [4.78, 5) is 21.2. The second-order valence-corrected chi connectivity index (χ2v) is 2.82. The van der Waals surface area contributed by atoms with E-state index in [0.29, 0.717) is 13.2 Å². The van der Waals surface area contributed by atoms with E-state index in [9.17, 15) is 9.59 Å². The van der Waals surface area contributed by atoms with Crippen molar-refractivity contribution in [3.63, 3.8) is 0 Å². The van der Waals surface area contributed by atoms with Gasteiger partial charge in [0.1, 0.15) is 0 Å². The van der Waals surface area contributed by atoms with Crippen molar-refractivity contribution in [3.8, 4) is 0 Å². The van der Waals surface area contributed by atoms with Crippen molar-refractivity contribution in [2.75, 3.05) is 26.8 Å². The SMILES string of the molecule is COCCNC(=O)NCCC(O)C(=O)O. The lowest BCUT2D eigenvalue weighted by Gasteiger charge is -2.08. The first-order chi connectivity index (χ1) is 7.07. The van der Waals surface area contributed by atoms with E-state index in [1.54, 1.807) is 0 Å². The van der Waals surface area contributed by atoms with E-state index < -0.39 is 18.1 Å². The zero-order valence-corrected chi connectivity index (χ0v) is 8.52. The number of methoxy groups -OCH3 is 1. The van der Waals surface area contributed by atoms with Gasteiger partial charge in [0.25, 0.3) is 0 Å². The van der Waals surface area contributed by atoms with Gasteiger partial charge in [-0.25, -0.2) is 9.59 Å². The lowest BCUT2D eigenvalue weighted by Crippen LogP contribution is -2.39. The van der Waals surface area contributed by atoms with Gasteiger partial charge >= 0.3 is 12.0 Å². The zero-order chi connectivity index (χ0) is 11.7. The molecule has 2 amide bonds. The lowest BCUT2D eigenvalue weighted by molar-refractivity contribution is -0.146. The van der Waals surface area contributed by atoms with Crippen LogP contribution in [0.1, 0.15) is 6.42 Å². The lowest BCUT2D eigenvalue weighted by atomic mass is 10.2. The first-order valence-electron chi connectivity index (χ1n) is 4.49. The molecule has 0 heterocycles. The molecule has 0 spiro atoms. The van der Waals surface area contributed by atoms with Crippen LogP contribution in [-0.4, -0.2) is 55.1 Å². The number of carboxylic acids is 1. The number of rotatable bonds is 7. The van der Waals surface area contributed by atoms with Gasteiger partial charge in [0.05, 0.1) is 6.61 Å². The van der Waals surface area contributed by atoms with Gasteiger partial charge < -0.3 is 25.6 Å². The maximum atomic E-state index is 11.0. The van der Waals surface area contributed by atoms with Gasteiger partial charge in [0, 0.05) is 26.6 Å². The third-order valence-corrected chi connectivity index (χ3v) is 1.58. The molecule has 15 heavy (non-hydrogen) atoms. The van der Waals surface area contributed by atoms with Crippen molar-refractivity contribution in [1.82, 2.24) is 10.6 Å². The number of hydrogen-bond acceptors (Lipinski definition) is 4. The predicted octanol–water partition coefficient (Wildman–Crippen LogP) is -1.23. The standard InChI is InChI=1S/C8H16N2O5/c1-15-5-4-10-8(14)9-3-2-6(11)7(12)13/h6,11H,2-5H2,1H3,(H,12,13)(H2,9,10,14). The van der Waals surface area contributed by atoms with Crippen molar-refractivity contribution in [3.05, 3.63) is 0 Å². The van der Waals surface area contributed by atoms with Crippen LogP contribution in [0.25, 0.3) is 0 Å². The van der Waals surface area contributed by atoms with Crippen molar-refractivity contribution < 1.29 is 24.5 Å². The third-order valence-electron chi connectivity index (χ3n) is 1.58. The molecule has 1 unspecified atom stereocenters. The summed E-state index contributed by atoms with van der Waals surface area (Å²) in [6.07, 6.45) is -1.46. The van der Waals surface area contributed by atoms with Crippen LogP contribution in [0.5, 0.6) is 0 Å². The molecule has 0 rings (SSSR count). The Labute approximate surface area is 87.4 Å². The molecule has 0 saturated heterocycles. The van der Waals surface area contributed by atoms with Crippen LogP contribution in [0.15, 0.2) is 0 Å². The minimum Gasteiger partial charge on any atom is -0.479 e. The van der Waals surface area contributed by atoms with E-state index in [0.717, 1.165) is 0 Å². The second-order valence-electron chi connectivity index (χ2n) is 2.82. The second kappa shape index (κ2) is 8.01. The third kappa shape index (κ3) is 7.71. The fraction of sp³-hybridized carbons (Fsp3) is 0.750. The number of hydrogen-bond donors (Lipinski definition) is 4. The fourth-order valence-corrected chi connectivity index (χ4v) is 0.775. The Morgan fingerprint density at radius 2 is 1.93 bits per heavy atom. The van der Waals surface area contributed by atoms with Crippen LogP contribution < -0.4 is 10.6 Å². The molecule has 0 aliphatic carbocycles. The molecule has 0 saturated carbocycles. The van der Waals surface area contributed by atoms with Crippen LogP contribution in [0.3, 0.4) is 0 Å². The molecular formula is C8H16N2O5. The Morgan fingerprint density at radius 1 is 1.33 bits per heavy atom. The first kappa shape index (κ1) is 13.7. The highest BCUT2D eigenvalue weighted by molar-refractivity contribution is 5.74. The van der Waals surface area contributed by atoms with Gasteiger partial charge in [0.15, 0.2) is 6.10 Å². The Kier molecular flexibility index (Phi) is 7.29. The van der Waals surface area contributed by atoms with E-state index >= 15 is 0 Å². The monoisotopic (exact) mass is 220 g/mol. The Bertz CT molecular complexity index is 209. The molecule has 4 N–H and O–H groups in total. The molecule has 0 aliphatic heterocycles. The molecule has 7 nitrogen and oxygen atoms in total. The van der Waals surface area contributed by atoms with Gasteiger partial charge in [-0.2, -0.15) is 0 Å². The molecule has 0 aromatic rings. The van der Waals surface area contributed by atoms with E-state index in [2.05, 4.69) is 10.6 Å². The van der Waals surface area contributed by atoms with Gasteiger partial charge in [0.2, 0.25) is 0 Å². The normalized spacial score (nSPS) is 11.9. The van der Waals surface area contributed by atoms with E-state index in [1.165, 1.54) is 7.11 Å². The molecular weight excluding hydrogens is 204 g/mol. The number of nitrogens with one attached hydrogen (secondary N) is 2. The summed E-state index contributed by atoms with van der Waals surface area (Å²) in [5.41, 5.74) is 0. The number of aliphatic carboxylic acids is 1. The molecule has 0 aliphatic rings. The maximum absolute atomic E-state index is 11.0. The maximum Gasteiger partial charge on any atom is 0.332 e. The van der Waals surface area contributed by atoms with Gasteiger partial charge in [-0.15, -0.1) is 0 Å². The summed E-state index contributed by atoms with van der Waals surface area (Å²) in [5.74, 6) is -1.29. The molecule has 88 valence electrons. The molecule has 0 bridgehead atoms. The van der Waals surface area contributed by atoms with Crippen LogP contribution in [-0.2, 0) is 9.53 Å².